The van der Waals surface area contributed by atoms with Crippen molar-refractivity contribution in [3.05, 3.63) is 24.0 Å². The molecule has 0 bridgehead atoms. The van der Waals surface area contributed by atoms with Gasteiger partial charge in [-0.1, -0.05) is 59.1 Å². The van der Waals surface area contributed by atoms with E-state index in [2.05, 4.69) is 44.5 Å². The van der Waals surface area contributed by atoms with Crippen LogP contribution < -0.4 is 5.32 Å². The molecule has 0 spiro atoms. The van der Waals surface area contributed by atoms with Crippen LogP contribution >= 0.6 is 0 Å². The Morgan fingerprint density at radius 1 is 1.15 bits per heavy atom. The number of amides is 2. The van der Waals surface area contributed by atoms with Gasteiger partial charge in [-0.25, -0.2) is 0 Å². The highest BCUT2D eigenvalue weighted by Gasteiger charge is 2.37. The molecule has 1 aliphatic heterocycles. The molecule has 2 aliphatic rings. The number of carbonyl (C=O) groups excluding carboxylic acids is 2. The van der Waals surface area contributed by atoms with Gasteiger partial charge in [0.2, 0.25) is 11.8 Å². The first kappa shape index (κ1) is 29.2. The monoisotopic (exact) mass is 463 g/mol. The third-order valence-electron chi connectivity index (χ3n) is 6.94. The molecule has 6 heteroatoms. The van der Waals surface area contributed by atoms with Crippen molar-refractivity contribution in [2.24, 2.45) is 5.92 Å². The molecular formula is C27H49N3O3. The molecule has 2 unspecified atom stereocenters. The first-order valence-corrected chi connectivity index (χ1v) is 13.0. The minimum absolute atomic E-state index is 0.00380. The van der Waals surface area contributed by atoms with Gasteiger partial charge >= 0.3 is 0 Å². The van der Waals surface area contributed by atoms with Crippen molar-refractivity contribution in [1.82, 2.24) is 15.1 Å². The van der Waals surface area contributed by atoms with Gasteiger partial charge in [0.15, 0.2) is 0 Å². The van der Waals surface area contributed by atoms with E-state index in [4.69, 9.17) is 0 Å². The summed E-state index contributed by atoms with van der Waals surface area (Å²) in [5.74, 6) is 0.166. The number of carbonyl (C=O) groups is 2. The van der Waals surface area contributed by atoms with Gasteiger partial charge in [-0.05, 0) is 64.0 Å². The smallest absolute Gasteiger partial charge is 0.245 e. The molecule has 1 saturated carbocycles. The van der Waals surface area contributed by atoms with Crippen LogP contribution in [0.2, 0.25) is 0 Å². The molecule has 1 saturated heterocycles. The number of hydrogen-bond acceptors (Lipinski definition) is 4. The van der Waals surface area contributed by atoms with Crippen LogP contribution in [0.5, 0.6) is 0 Å². The second-order valence-corrected chi connectivity index (χ2v) is 9.80. The number of likely N-dealkylation sites (tertiary alicyclic amines) is 1. The van der Waals surface area contributed by atoms with Crippen LogP contribution in [-0.4, -0.2) is 65.0 Å². The molecule has 190 valence electrons. The number of likely N-dealkylation sites (N-methyl/N-ethyl adjacent to an activating group) is 1. The van der Waals surface area contributed by atoms with Crippen molar-refractivity contribution < 1.29 is 14.7 Å². The van der Waals surface area contributed by atoms with Crippen molar-refractivity contribution in [3.8, 4) is 0 Å². The Hall–Kier alpha value is -1.82. The maximum absolute atomic E-state index is 13.3. The van der Waals surface area contributed by atoms with Gasteiger partial charge in [0, 0.05) is 19.6 Å². The van der Waals surface area contributed by atoms with Crippen LogP contribution in [0.3, 0.4) is 0 Å². The summed E-state index contributed by atoms with van der Waals surface area (Å²) < 4.78 is 0. The maximum Gasteiger partial charge on any atom is 0.245 e. The summed E-state index contributed by atoms with van der Waals surface area (Å²) in [6.45, 7) is 15.2. The predicted octanol–water partition coefficient (Wildman–Crippen LogP) is 5.21. The third-order valence-corrected chi connectivity index (χ3v) is 6.94. The summed E-state index contributed by atoms with van der Waals surface area (Å²) in [4.78, 5) is 30.5. The molecule has 0 aromatic carbocycles. The second kappa shape index (κ2) is 15.2. The van der Waals surface area contributed by atoms with Crippen LogP contribution in [0.25, 0.3) is 0 Å². The van der Waals surface area contributed by atoms with E-state index in [1.54, 1.807) is 24.9 Å². The summed E-state index contributed by atoms with van der Waals surface area (Å²) in [7, 11) is 1.76. The maximum atomic E-state index is 13.3. The number of aliphatic hydroxyl groups excluding tert-OH is 1. The predicted molar refractivity (Wildman–Crippen MR) is 137 cm³/mol. The zero-order valence-corrected chi connectivity index (χ0v) is 22.0. The van der Waals surface area contributed by atoms with Gasteiger partial charge in [-0.15, -0.1) is 0 Å². The summed E-state index contributed by atoms with van der Waals surface area (Å²) in [6, 6.07) is -0.253. The van der Waals surface area contributed by atoms with Gasteiger partial charge in [0.25, 0.3) is 0 Å². The molecule has 2 N–H and O–H groups in total. The lowest BCUT2D eigenvalue weighted by Gasteiger charge is -2.39. The van der Waals surface area contributed by atoms with Gasteiger partial charge < -0.3 is 15.3 Å². The second-order valence-electron chi connectivity index (χ2n) is 9.80. The van der Waals surface area contributed by atoms with E-state index in [0.717, 1.165) is 57.9 Å². The van der Waals surface area contributed by atoms with Crippen LogP contribution in [0.4, 0.5) is 0 Å². The number of allylic oxidation sites excluding steroid dienone is 1. The minimum atomic E-state index is -0.475. The Morgan fingerprint density at radius 2 is 1.73 bits per heavy atom. The van der Waals surface area contributed by atoms with Gasteiger partial charge in [0.05, 0.1) is 6.04 Å². The Morgan fingerprint density at radius 3 is 2.27 bits per heavy atom. The molecule has 2 amide bonds. The largest absolute Gasteiger partial charge is 0.508 e. The molecule has 2 rings (SSSR count). The van der Waals surface area contributed by atoms with E-state index >= 15 is 0 Å². The zero-order chi connectivity index (χ0) is 25.0. The van der Waals surface area contributed by atoms with E-state index in [-0.39, 0.29) is 29.5 Å². The number of piperidine rings is 1. The van der Waals surface area contributed by atoms with Crippen molar-refractivity contribution in [3.63, 3.8) is 0 Å². The van der Waals surface area contributed by atoms with Gasteiger partial charge in [-0.2, -0.15) is 0 Å². The highest BCUT2D eigenvalue weighted by atomic mass is 16.3. The van der Waals surface area contributed by atoms with E-state index in [1.165, 1.54) is 6.42 Å². The van der Waals surface area contributed by atoms with Gasteiger partial charge in [0.1, 0.15) is 11.8 Å². The average Bonchev–Trinajstić information content (AvgIpc) is 3.34. The van der Waals surface area contributed by atoms with Crippen molar-refractivity contribution in [2.75, 3.05) is 20.1 Å². The average molecular weight is 464 g/mol. The van der Waals surface area contributed by atoms with Crippen molar-refractivity contribution in [2.45, 2.75) is 111 Å². The Balaban J connectivity index is 0.00000172. The first-order chi connectivity index (χ1) is 15.7. The van der Waals surface area contributed by atoms with Crippen LogP contribution in [0, 0.1) is 5.92 Å². The molecule has 6 nitrogen and oxygen atoms in total. The molecule has 33 heavy (non-hydrogen) atoms. The quantitative estimate of drug-likeness (QED) is 0.364. The van der Waals surface area contributed by atoms with E-state index in [9.17, 15) is 14.7 Å². The van der Waals surface area contributed by atoms with Crippen molar-refractivity contribution >= 4 is 11.8 Å². The Bertz CT molecular complexity index is 655. The topological polar surface area (TPSA) is 72.9 Å². The van der Waals surface area contributed by atoms with E-state index < -0.39 is 6.04 Å². The fraction of sp³-hybridized carbons (Fsp3) is 0.778. The fourth-order valence-corrected chi connectivity index (χ4v) is 4.64. The van der Waals surface area contributed by atoms with Crippen LogP contribution in [0.1, 0.15) is 92.4 Å². The molecule has 0 radical (unpaired) electrons. The molecule has 1 aliphatic carbocycles. The summed E-state index contributed by atoms with van der Waals surface area (Å²) >= 11 is 0. The molecule has 1 heterocycles. The summed E-state index contributed by atoms with van der Waals surface area (Å²) in [5, 5.41) is 12.6. The van der Waals surface area contributed by atoms with E-state index in [1.807, 2.05) is 0 Å². The molecular weight excluding hydrogens is 414 g/mol. The first-order valence-electron chi connectivity index (χ1n) is 13.0. The van der Waals surface area contributed by atoms with E-state index in [0.29, 0.717) is 18.2 Å². The lowest BCUT2D eigenvalue weighted by Crippen LogP contribution is -2.58. The molecule has 0 aromatic rings. The number of nitrogens with one attached hydrogen (secondary N) is 1. The van der Waals surface area contributed by atoms with Crippen LogP contribution in [0.15, 0.2) is 24.0 Å². The SMILES string of the molecule is C=C(O)/C(C)=C/CN(C)C(=O)C(NC(=O)[C@H]1CCCCN1C(C)CC)C1CCCC1.CCC. The third kappa shape index (κ3) is 9.15. The lowest BCUT2D eigenvalue weighted by molar-refractivity contribution is -0.139. The Kier molecular flexibility index (Phi) is 13.4. The number of nitrogens with zero attached hydrogens (tertiary/aromatic N) is 2. The highest BCUT2D eigenvalue weighted by Crippen LogP contribution is 2.29. The number of rotatable bonds is 9. The minimum Gasteiger partial charge on any atom is -0.508 e. The van der Waals surface area contributed by atoms with Crippen molar-refractivity contribution in [1.29, 1.82) is 0 Å². The normalized spacial score (nSPS) is 21.5. The molecule has 3 atom stereocenters. The summed E-state index contributed by atoms with van der Waals surface area (Å²) in [5.41, 5.74) is 0.655. The Labute approximate surface area is 202 Å². The molecule has 0 aromatic heterocycles. The van der Waals surface area contributed by atoms with Crippen LogP contribution in [-0.2, 0) is 9.59 Å². The number of aliphatic hydroxyl groups is 1. The lowest BCUT2D eigenvalue weighted by atomic mass is 9.94. The molecule has 2 fully saturated rings. The standard InChI is InChI=1S/C24H41N3O3.C3H8/c1-6-18(3)27-15-10-9-13-21(27)23(29)25-22(20-11-7-8-12-20)24(30)26(5)16-14-17(2)19(4)28;1-3-2/h14,18,20-22,28H,4,6-13,15-16H2,1-3,5H3,(H,25,29);3H2,1-2H3/b17-14+;/t18?,21-,22?;/m1./s1. The fourth-order valence-electron chi connectivity index (χ4n) is 4.64. The zero-order valence-electron chi connectivity index (χ0n) is 22.0. The van der Waals surface area contributed by atoms with Gasteiger partial charge in [-0.3, -0.25) is 14.5 Å². The highest BCUT2D eigenvalue weighted by molar-refractivity contribution is 5.90. The summed E-state index contributed by atoms with van der Waals surface area (Å²) in [6.07, 6.45) is 11.3. The number of hydrogen-bond donors (Lipinski definition) is 2.